The summed E-state index contributed by atoms with van der Waals surface area (Å²) in [4.78, 5) is 38.2. The Morgan fingerprint density at radius 2 is 0.478 bits per heavy atom. The van der Waals surface area contributed by atoms with Gasteiger partial charge in [0.15, 0.2) is 6.10 Å². The largest absolute Gasteiger partial charge is 0.462 e. The highest BCUT2D eigenvalue weighted by molar-refractivity contribution is 5.71. The zero-order chi connectivity index (χ0) is 50.0. The van der Waals surface area contributed by atoms with E-state index in [2.05, 4.69) is 57.2 Å². The highest BCUT2D eigenvalue weighted by Gasteiger charge is 2.19. The molecule has 0 unspecified atom stereocenters. The van der Waals surface area contributed by atoms with E-state index in [1.165, 1.54) is 225 Å². The lowest BCUT2D eigenvalue weighted by Gasteiger charge is -2.18. The van der Waals surface area contributed by atoms with Crippen LogP contribution in [0.15, 0.2) is 36.5 Å². The maximum absolute atomic E-state index is 12.9. The Kier molecular flexibility index (Phi) is 56.2. The molecule has 0 aliphatic rings. The van der Waals surface area contributed by atoms with Gasteiger partial charge in [0.2, 0.25) is 0 Å². The molecule has 0 heterocycles. The predicted molar refractivity (Wildman–Crippen MR) is 298 cm³/mol. The van der Waals surface area contributed by atoms with Crippen molar-refractivity contribution in [3.63, 3.8) is 0 Å². The lowest BCUT2D eigenvalue weighted by molar-refractivity contribution is -0.167. The number of rotatable bonds is 56. The van der Waals surface area contributed by atoms with Gasteiger partial charge in [-0.05, 0) is 96.3 Å². The summed E-state index contributed by atoms with van der Waals surface area (Å²) in [5.41, 5.74) is 0. The van der Waals surface area contributed by atoms with Crippen LogP contribution in [-0.2, 0) is 28.6 Å². The SMILES string of the molecule is CCCCCCCC/C=C\CCCCCCCCCCCC(=O)OC[C@H](COC(=O)CCCCCCCCC/C=C\CCCCCCCC)OC(=O)CCCCCCC/C=C\CCCCCCCC. The summed E-state index contributed by atoms with van der Waals surface area (Å²) in [6.07, 6.45) is 69.9. The van der Waals surface area contributed by atoms with Crippen LogP contribution in [0.2, 0.25) is 0 Å². The van der Waals surface area contributed by atoms with E-state index in [0.29, 0.717) is 19.3 Å². The summed E-state index contributed by atoms with van der Waals surface area (Å²) in [6.45, 7) is 6.66. The lowest BCUT2D eigenvalue weighted by Crippen LogP contribution is -2.30. The second-order valence-electron chi connectivity index (χ2n) is 20.6. The second kappa shape index (κ2) is 58.2. The van der Waals surface area contributed by atoms with Crippen LogP contribution in [0, 0.1) is 0 Å². The van der Waals surface area contributed by atoms with E-state index in [1.54, 1.807) is 0 Å². The van der Waals surface area contributed by atoms with Crippen LogP contribution < -0.4 is 0 Å². The fraction of sp³-hybridized carbons (Fsp3) is 0.857. The molecule has 0 bridgehead atoms. The number of ether oxygens (including phenoxy) is 3. The maximum atomic E-state index is 12.9. The van der Waals surface area contributed by atoms with Crippen LogP contribution in [0.4, 0.5) is 0 Å². The highest BCUT2D eigenvalue weighted by atomic mass is 16.6. The predicted octanol–water partition coefficient (Wildman–Crippen LogP) is 20.4. The summed E-state index contributed by atoms with van der Waals surface area (Å²) < 4.78 is 16.9. The molecule has 0 aliphatic heterocycles. The van der Waals surface area contributed by atoms with E-state index in [0.717, 1.165) is 64.2 Å². The maximum Gasteiger partial charge on any atom is 0.306 e. The molecular formula is C63H116O6. The van der Waals surface area contributed by atoms with Crippen molar-refractivity contribution in [3.8, 4) is 0 Å². The third-order valence-corrected chi connectivity index (χ3v) is 13.6. The first-order valence-electron chi connectivity index (χ1n) is 30.5. The number of hydrogen-bond donors (Lipinski definition) is 0. The third-order valence-electron chi connectivity index (χ3n) is 13.6. The van der Waals surface area contributed by atoms with E-state index in [4.69, 9.17) is 14.2 Å². The van der Waals surface area contributed by atoms with E-state index in [9.17, 15) is 14.4 Å². The molecule has 0 aromatic heterocycles. The molecule has 0 aliphatic carbocycles. The first kappa shape index (κ1) is 66.6. The topological polar surface area (TPSA) is 78.9 Å². The first-order chi connectivity index (χ1) is 34.0. The third kappa shape index (κ3) is 56.4. The first-order valence-corrected chi connectivity index (χ1v) is 30.5. The molecule has 69 heavy (non-hydrogen) atoms. The van der Waals surface area contributed by atoms with Crippen molar-refractivity contribution in [2.45, 2.75) is 335 Å². The van der Waals surface area contributed by atoms with Crippen molar-refractivity contribution in [2.75, 3.05) is 13.2 Å². The number of hydrogen-bond acceptors (Lipinski definition) is 6. The standard InChI is InChI=1S/C63H116O6/c1-4-7-10-13-16-19-22-25-28-30-31-33-36-38-41-44-47-50-53-56-62(65)68-59-60(69-63(66)57-54-51-48-45-42-39-34-27-24-21-18-15-12-9-6-3)58-67-61(64)55-52-49-46-43-40-37-35-32-29-26-23-20-17-14-11-8-5-2/h25-29,34,60H,4-24,30-33,35-59H2,1-3H3/b28-25-,29-26-,34-27-/t60-/m0/s1. The van der Waals surface area contributed by atoms with Gasteiger partial charge in [-0.15, -0.1) is 0 Å². The molecule has 0 spiro atoms. The number of allylic oxidation sites excluding steroid dienone is 6. The molecule has 0 saturated carbocycles. The molecule has 6 heteroatoms. The van der Waals surface area contributed by atoms with Crippen molar-refractivity contribution in [1.82, 2.24) is 0 Å². The highest BCUT2D eigenvalue weighted by Crippen LogP contribution is 2.16. The fourth-order valence-corrected chi connectivity index (χ4v) is 8.96. The Hall–Kier alpha value is -2.37. The summed E-state index contributed by atoms with van der Waals surface area (Å²) in [5.74, 6) is -0.871. The van der Waals surface area contributed by atoms with E-state index < -0.39 is 6.10 Å². The summed E-state index contributed by atoms with van der Waals surface area (Å²) >= 11 is 0. The molecule has 6 nitrogen and oxygen atoms in total. The second-order valence-corrected chi connectivity index (χ2v) is 20.6. The lowest BCUT2D eigenvalue weighted by atomic mass is 10.1. The van der Waals surface area contributed by atoms with Crippen LogP contribution in [0.25, 0.3) is 0 Å². The van der Waals surface area contributed by atoms with Gasteiger partial charge >= 0.3 is 17.9 Å². The Labute approximate surface area is 429 Å². The fourth-order valence-electron chi connectivity index (χ4n) is 8.96. The van der Waals surface area contributed by atoms with Gasteiger partial charge in [0.25, 0.3) is 0 Å². The molecule has 0 amide bonds. The van der Waals surface area contributed by atoms with E-state index in [1.807, 2.05) is 0 Å². The molecular weight excluding hydrogens is 853 g/mol. The van der Waals surface area contributed by atoms with E-state index >= 15 is 0 Å². The van der Waals surface area contributed by atoms with Crippen LogP contribution in [0.5, 0.6) is 0 Å². The minimum absolute atomic E-state index is 0.0753. The molecule has 0 N–H and O–H groups in total. The molecule has 0 saturated heterocycles. The van der Waals surface area contributed by atoms with Crippen molar-refractivity contribution >= 4 is 17.9 Å². The Bertz CT molecular complexity index is 1160. The molecule has 0 aromatic rings. The number of unbranched alkanes of at least 4 members (excludes halogenated alkanes) is 39. The Morgan fingerprint density at radius 1 is 0.275 bits per heavy atom. The van der Waals surface area contributed by atoms with Gasteiger partial charge in [-0.25, -0.2) is 0 Å². The van der Waals surface area contributed by atoms with Crippen LogP contribution in [0.3, 0.4) is 0 Å². The summed E-state index contributed by atoms with van der Waals surface area (Å²) in [5, 5.41) is 0. The zero-order valence-electron chi connectivity index (χ0n) is 46.3. The van der Waals surface area contributed by atoms with E-state index in [-0.39, 0.29) is 31.1 Å². The Morgan fingerprint density at radius 3 is 0.725 bits per heavy atom. The van der Waals surface area contributed by atoms with Gasteiger partial charge in [0, 0.05) is 19.3 Å². The minimum atomic E-state index is -0.778. The van der Waals surface area contributed by atoms with Crippen molar-refractivity contribution in [3.05, 3.63) is 36.5 Å². The van der Waals surface area contributed by atoms with Gasteiger partial charge < -0.3 is 14.2 Å². The van der Waals surface area contributed by atoms with Gasteiger partial charge in [0.05, 0.1) is 0 Å². The molecule has 0 aromatic carbocycles. The van der Waals surface area contributed by atoms with Gasteiger partial charge in [-0.3, -0.25) is 14.4 Å². The smallest absolute Gasteiger partial charge is 0.306 e. The van der Waals surface area contributed by atoms with Gasteiger partial charge in [-0.1, -0.05) is 250 Å². The average molecular weight is 970 g/mol. The van der Waals surface area contributed by atoms with Crippen LogP contribution in [-0.4, -0.2) is 37.2 Å². The van der Waals surface area contributed by atoms with Crippen LogP contribution in [0.1, 0.15) is 329 Å². The number of carbonyl (C=O) groups is 3. The average Bonchev–Trinajstić information content (AvgIpc) is 3.35. The Balaban J connectivity index is 4.34. The van der Waals surface area contributed by atoms with Crippen LogP contribution >= 0.6 is 0 Å². The quantitative estimate of drug-likeness (QED) is 0.0261. The van der Waals surface area contributed by atoms with Gasteiger partial charge in [-0.2, -0.15) is 0 Å². The van der Waals surface area contributed by atoms with Crippen molar-refractivity contribution < 1.29 is 28.6 Å². The summed E-state index contributed by atoms with van der Waals surface area (Å²) in [7, 11) is 0. The molecule has 404 valence electrons. The molecule has 0 fully saturated rings. The summed E-state index contributed by atoms with van der Waals surface area (Å²) in [6, 6.07) is 0. The minimum Gasteiger partial charge on any atom is -0.462 e. The van der Waals surface area contributed by atoms with Crippen molar-refractivity contribution in [2.24, 2.45) is 0 Å². The molecule has 0 rings (SSSR count). The molecule has 0 radical (unpaired) electrons. The molecule has 1 atom stereocenters. The monoisotopic (exact) mass is 969 g/mol. The van der Waals surface area contributed by atoms with Gasteiger partial charge in [0.1, 0.15) is 13.2 Å². The number of esters is 3. The zero-order valence-corrected chi connectivity index (χ0v) is 46.3. The van der Waals surface area contributed by atoms with Crippen molar-refractivity contribution in [1.29, 1.82) is 0 Å². The normalized spacial score (nSPS) is 12.2. The number of carbonyl (C=O) groups excluding carboxylic acids is 3.